The third-order valence-electron chi connectivity index (χ3n) is 3.89. The molecule has 1 fully saturated rings. The fourth-order valence-electron chi connectivity index (χ4n) is 2.54. The predicted molar refractivity (Wildman–Crippen MR) is 107 cm³/mol. The highest BCUT2D eigenvalue weighted by Crippen LogP contribution is 2.32. The first-order valence-corrected chi connectivity index (χ1v) is 10.9. The first-order chi connectivity index (χ1) is 12.8. The molecule has 0 aliphatic carbocycles. The van der Waals surface area contributed by atoms with Crippen LogP contribution in [0.5, 0.6) is 5.75 Å². The minimum atomic E-state index is 0.758. The molecule has 0 radical (unpaired) electrons. The van der Waals surface area contributed by atoms with E-state index in [0.29, 0.717) is 0 Å². The van der Waals surface area contributed by atoms with Crippen LogP contribution in [0.2, 0.25) is 0 Å². The molecule has 0 spiro atoms. The van der Waals surface area contributed by atoms with Crippen molar-refractivity contribution in [2.45, 2.75) is 10.1 Å². The van der Waals surface area contributed by atoms with Crippen LogP contribution in [0.4, 0.5) is 5.13 Å². The summed E-state index contributed by atoms with van der Waals surface area (Å²) in [5.41, 5.74) is 2.14. The van der Waals surface area contributed by atoms with E-state index >= 15 is 0 Å². The number of anilines is 1. The van der Waals surface area contributed by atoms with Gasteiger partial charge in [0.25, 0.3) is 0 Å². The second-order valence-corrected chi connectivity index (χ2v) is 8.65. The Balaban J connectivity index is 1.38. The fraction of sp³-hybridized carbons (Fsp3) is 0.353. The van der Waals surface area contributed by atoms with Gasteiger partial charge in [0.1, 0.15) is 10.8 Å². The molecule has 4 rings (SSSR count). The number of rotatable bonds is 6. The predicted octanol–water partition coefficient (Wildman–Crippen LogP) is 3.80. The van der Waals surface area contributed by atoms with E-state index in [2.05, 4.69) is 26.5 Å². The molecule has 26 heavy (non-hydrogen) atoms. The van der Waals surface area contributed by atoms with Crippen molar-refractivity contribution in [2.24, 2.45) is 0 Å². The third-order valence-corrected chi connectivity index (χ3v) is 6.98. The summed E-state index contributed by atoms with van der Waals surface area (Å²) < 4.78 is 11.6. The summed E-state index contributed by atoms with van der Waals surface area (Å²) in [6, 6.07) is 7.99. The van der Waals surface area contributed by atoms with Crippen LogP contribution in [0, 0.1) is 0 Å². The summed E-state index contributed by atoms with van der Waals surface area (Å²) in [6.07, 6.45) is 0. The molecule has 0 bridgehead atoms. The van der Waals surface area contributed by atoms with E-state index in [-0.39, 0.29) is 0 Å². The molecule has 1 aromatic carbocycles. The van der Waals surface area contributed by atoms with Crippen LogP contribution in [0.3, 0.4) is 0 Å². The molecule has 9 heteroatoms. The van der Waals surface area contributed by atoms with Crippen LogP contribution >= 0.6 is 34.4 Å². The molecule has 0 atom stereocenters. The Hall–Kier alpha value is -1.68. The van der Waals surface area contributed by atoms with Gasteiger partial charge in [-0.1, -0.05) is 35.2 Å². The Morgan fingerprint density at radius 2 is 2.15 bits per heavy atom. The zero-order valence-electron chi connectivity index (χ0n) is 14.3. The van der Waals surface area contributed by atoms with E-state index in [1.165, 1.54) is 0 Å². The van der Waals surface area contributed by atoms with Gasteiger partial charge >= 0.3 is 0 Å². The van der Waals surface area contributed by atoms with Gasteiger partial charge < -0.3 is 14.4 Å². The van der Waals surface area contributed by atoms with Gasteiger partial charge in [0.2, 0.25) is 5.13 Å². The van der Waals surface area contributed by atoms with E-state index in [1.807, 2.05) is 18.2 Å². The van der Waals surface area contributed by atoms with Crippen LogP contribution < -0.4 is 9.64 Å². The van der Waals surface area contributed by atoms with Gasteiger partial charge in [-0.2, -0.15) is 0 Å². The molecule has 1 saturated heterocycles. The number of hydrogen-bond donors (Lipinski definition) is 0. The first kappa shape index (κ1) is 17.7. The molecule has 0 saturated carbocycles. The fourth-order valence-corrected chi connectivity index (χ4v) is 5.25. The second-order valence-electron chi connectivity index (χ2n) is 5.61. The summed E-state index contributed by atoms with van der Waals surface area (Å²) in [4.78, 5) is 6.97. The standard InChI is InChI=1S/C17H18N4O2S3/c1-22-14-4-2-3-12(9-14)15-18-13(10-24-15)11-25-17-20-19-16(26-17)21-5-7-23-8-6-21/h2-4,9-10H,5-8,11H2,1H3. The Morgan fingerprint density at radius 3 is 3.00 bits per heavy atom. The maximum atomic E-state index is 5.38. The average molecular weight is 407 g/mol. The molecular formula is C17H18N4O2S3. The smallest absolute Gasteiger partial charge is 0.209 e. The molecule has 6 nitrogen and oxygen atoms in total. The van der Waals surface area contributed by atoms with Crippen molar-refractivity contribution >= 4 is 39.6 Å². The monoisotopic (exact) mass is 406 g/mol. The molecule has 2 aromatic heterocycles. The highest BCUT2D eigenvalue weighted by molar-refractivity contribution is 8.00. The van der Waals surface area contributed by atoms with Crippen molar-refractivity contribution < 1.29 is 9.47 Å². The maximum absolute atomic E-state index is 5.38. The van der Waals surface area contributed by atoms with Gasteiger partial charge in [0.15, 0.2) is 4.34 Å². The lowest BCUT2D eigenvalue weighted by Crippen LogP contribution is -2.36. The molecule has 0 unspecified atom stereocenters. The minimum Gasteiger partial charge on any atom is -0.497 e. The summed E-state index contributed by atoms with van der Waals surface area (Å²) in [6.45, 7) is 3.28. The lowest BCUT2D eigenvalue weighted by Gasteiger charge is -2.25. The Bertz CT molecular complexity index is 861. The van der Waals surface area contributed by atoms with Crippen molar-refractivity contribution in [1.82, 2.24) is 15.2 Å². The van der Waals surface area contributed by atoms with E-state index in [4.69, 9.17) is 14.5 Å². The molecule has 136 valence electrons. The van der Waals surface area contributed by atoms with Gasteiger partial charge in [0, 0.05) is 29.8 Å². The van der Waals surface area contributed by atoms with E-state index in [9.17, 15) is 0 Å². The number of thiazole rings is 1. The van der Waals surface area contributed by atoms with Crippen LogP contribution in [-0.4, -0.2) is 48.6 Å². The van der Waals surface area contributed by atoms with Gasteiger partial charge in [0.05, 0.1) is 26.0 Å². The highest BCUT2D eigenvalue weighted by atomic mass is 32.2. The van der Waals surface area contributed by atoms with Crippen LogP contribution in [0.15, 0.2) is 34.0 Å². The minimum absolute atomic E-state index is 0.758. The number of thioether (sulfide) groups is 1. The number of aromatic nitrogens is 3. The molecule has 0 N–H and O–H groups in total. The molecule has 0 amide bonds. The van der Waals surface area contributed by atoms with Crippen molar-refractivity contribution in [2.75, 3.05) is 38.3 Å². The lowest BCUT2D eigenvalue weighted by molar-refractivity contribution is 0.122. The molecule has 1 aliphatic rings. The third kappa shape index (κ3) is 4.17. The summed E-state index contributed by atoms with van der Waals surface area (Å²) in [5.74, 6) is 1.64. The quantitative estimate of drug-likeness (QED) is 0.577. The van der Waals surface area contributed by atoms with Gasteiger partial charge in [-0.05, 0) is 12.1 Å². The van der Waals surface area contributed by atoms with Crippen LogP contribution in [0.25, 0.3) is 10.6 Å². The Kier molecular flexibility index (Phi) is 5.68. The van der Waals surface area contributed by atoms with Gasteiger partial charge in [-0.15, -0.1) is 21.5 Å². The molecule has 3 heterocycles. The number of hydrogen-bond acceptors (Lipinski definition) is 9. The van der Waals surface area contributed by atoms with Crippen LogP contribution in [-0.2, 0) is 10.5 Å². The van der Waals surface area contributed by atoms with Crippen molar-refractivity contribution in [1.29, 1.82) is 0 Å². The van der Waals surface area contributed by atoms with Crippen molar-refractivity contribution in [3.63, 3.8) is 0 Å². The van der Waals surface area contributed by atoms with E-state index in [0.717, 1.165) is 63.5 Å². The van der Waals surface area contributed by atoms with Crippen molar-refractivity contribution in [3.8, 4) is 16.3 Å². The zero-order chi connectivity index (χ0) is 17.8. The first-order valence-electron chi connectivity index (χ1n) is 8.19. The Morgan fingerprint density at radius 1 is 1.27 bits per heavy atom. The van der Waals surface area contributed by atoms with E-state index in [1.54, 1.807) is 41.5 Å². The number of ether oxygens (including phenoxy) is 2. The lowest BCUT2D eigenvalue weighted by atomic mass is 10.2. The van der Waals surface area contributed by atoms with Gasteiger partial charge in [-0.25, -0.2) is 4.98 Å². The summed E-state index contributed by atoms with van der Waals surface area (Å²) in [5, 5.41) is 12.7. The zero-order valence-corrected chi connectivity index (χ0v) is 16.7. The molecular weight excluding hydrogens is 388 g/mol. The highest BCUT2D eigenvalue weighted by Gasteiger charge is 2.16. The number of morpholine rings is 1. The number of methoxy groups -OCH3 is 1. The van der Waals surface area contributed by atoms with Gasteiger partial charge in [-0.3, -0.25) is 0 Å². The van der Waals surface area contributed by atoms with E-state index < -0.39 is 0 Å². The van der Waals surface area contributed by atoms with Crippen molar-refractivity contribution in [3.05, 3.63) is 35.3 Å². The topological polar surface area (TPSA) is 60.4 Å². The summed E-state index contributed by atoms with van der Waals surface area (Å²) in [7, 11) is 1.68. The number of benzene rings is 1. The summed E-state index contributed by atoms with van der Waals surface area (Å²) >= 11 is 4.97. The second kappa shape index (κ2) is 8.34. The SMILES string of the molecule is COc1cccc(-c2nc(CSc3nnc(N4CCOCC4)s3)cs2)c1. The van der Waals surface area contributed by atoms with Crippen LogP contribution in [0.1, 0.15) is 5.69 Å². The average Bonchev–Trinajstić information content (AvgIpc) is 3.37. The molecule has 1 aliphatic heterocycles. The maximum Gasteiger partial charge on any atom is 0.209 e. The normalized spacial score (nSPS) is 14.6. The molecule has 3 aromatic rings. The Labute approximate surface area is 164 Å². The largest absolute Gasteiger partial charge is 0.497 e. The number of nitrogens with zero attached hydrogens (tertiary/aromatic N) is 4.